The highest BCUT2D eigenvalue weighted by Crippen LogP contribution is 2.24. The van der Waals surface area contributed by atoms with E-state index >= 15 is 0 Å². The molecule has 0 aliphatic rings. The molecule has 0 saturated heterocycles. The highest BCUT2D eigenvalue weighted by molar-refractivity contribution is 7.99. The van der Waals surface area contributed by atoms with E-state index in [1.165, 1.54) is 28.8 Å². The number of nitrogens with zero attached hydrogens (tertiary/aromatic N) is 3. The van der Waals surface area contributed by atoms with Gasteiger partial charge < -0.3 is 10.1 Å². The number of thioether (sulfide) groups is 1. The first-order chi connectivity index (χ1) is 15.6. The third-order valence-electron chi connectivity index (χ3n) is 5.18. The first-order valence-electron chi connectivity index (χ1n) is 10.1. The molecule has 0 saturated carbocycles. The molecular weight excluding hydrogens is 450 g/mol. The SMILES string of the molecule is CC(C)[C@@](C)(C#N)NC(=O)CSc1nc2ccccc2c(=O)n1-c1ccc(OC(F)F)cc1. The summed E-state index contributed by atoms with van der Waals surface area (Å²) < 4.78 is 30.6. The lowest BCUT2D eigenvalue weighted by molar-refractivity contribution is -0.120. The lowest BCUT2D eigenvalue weighted by atomic mass is 9.90. The number of carbonyl (C=O) groups is 1. The number of amides is 1. The number of benzene rings is 2. The Morgan fingerprint density at radius 3 is 2.52 bits per heavy atom. The molecule has 1 atom stereocenters. The van der Waals surface area contributed by atoms with E-state index < -0.39 is 12.2 Å². The van der Waals surface area contributed by atoms with E-state index in [0.717, 1.165) is 11.8 Å². The van der Waals surface area contributed by atoms with Crippen molar-refractivity contribution in [2.75, 3.05) is 5.75 Å². The van der Waals surface area contributed by atoms with Crippen molar-refractivity contribution in [2.45, 2.75) is 38.1 Å². The minimum Gasteiger partial charge on any atom is -0.435 e. The monoisotopic (exact) mass is 472 g/mol. The molecule has 172 valence electrons. The molecule has 0 radical (unpaired) electrons. The zero-order valence-corrected chi connectivity index (χ0v) is 19.0. The summed E-state index contributed by atoms with van der Waals surface area (Å²) in [5, 5.41) is 12.8. The summed E-state index contributed by atoms with van der Waals surface area (Å²) in [7, 11) is 0. The van der Waals surface area contributed by atoms with E-state index in [0.29, 0.717) is 16.6 Å². The van der Waals surface area contributed by atoms with Gasteiger partial charge in [0.1, 0.15) is 11.3 Å². The standard InChI is InChI=1S/C23H22F2N4O3S/c1-14(2)23(3,13-26)28-19(30)12-33-22-27-18-7-5-4-6-17(18)20(31)29(22)15-8-10-16(11-9-15)32-21(24)25/h4-11,14,21H,12H2,1-3H3,(H,28,30)/t23-/m1/s1. The molecule has 3 aromatic rings. The molecule has 0 unspecified atom stereocenters. The number of halogens is 2. The number of fused-ring (bicyclic) bond motifs is 1. The van der Waals surface area contributed by atoms with E-state index in [9.17, 15) is 23.6 Å². The van der Waals surface area contributed by atoms with Crippen LogP contribution >= 0.6 is 11.8 Å². The quantitative estimate of drug-likeness (QED) is 0.391. The van der Waals surface area contributed by atoms with Crippen LogP contribution in [-0.2, 0) is 4.79 Å². The van der Waals surface area contributed by atoms with Crippen molar-refractivity contribution in [1.29, 1.82) is 5.26 Å². The number of alkyl halides is 2. The Balaban J connectivity index is 1.96. The second-order valence-electron chi connectivity index (χ2n) is 7.73. The van der Waals surface area contributed by atoms with Gasteiger partial charge in [-0.15, -0.1) is 0 Å². The number of para-hydroxylation sites is 1. The normalized spacial score (nSPS) is 13.0. The fraction of sp³-hybridized carbons (Fsp3) is 0.304. The molecule has 1 heterocycles. The third kappa shape index (κ3) is 5.49. The van der Waals surface area contributed by atoms with E-state index in [1.54, 1.807) is 31.2 Å². The maximum absolute atomic E-state index is 13.2. The third-order valence-corrected chi connectivity index (χ3v) is 6.12. The molecular formula is C23H22F2N4O3S. The van der Waals surface area contributed by atoms with E-state index in [-0.39, 0.29) is 34.0 Å². The number of aromatic nitrogens is 2. The number of carbonyl (C=O) groups excluding carboxylic acids is 1. The molecule has 0 spiro atoms. The zero-order chi connectivity index (χ0) is 24.2. The van der Waals surface area contributed by atoms with Crippen molar-refractivity contribution in [2.24, 2.45) is 5.92 Å². The highest BCUT2D eigenvalue weighted by atomic mass is 32.2. The molecule has 1 N–H and O–H groups in total. The van der Waals surface area contributed by atoms with Crippen molar-refractivity contribution in [3.05, 3.63) is 58.9 Å². The summed E-state index contributed by atoms with van der Waals surface area (Å²) in [5.74, 6) is -0.621. The highest BCUT2D eigenvalue weighted by Gasteiger charge is 2.30. The molecule has 0 bridgehead atoms. The summed E-state index contributed by atoms with van der Waals surface area (Å²) in [6.07, 6.45) is 0. The van der Waals surface area contributed by atoms with Gasteiger partial charge in [-0.25, -0.2) is 4.98 Å². The van der Waals surface area contributed by atoms with Crippen LogP contribution in [0.1, 0.15) is 20.8 Å². The lowest BCUT2D eigenvalue weighted by Gasteiger charge is -2.27. The number of hydrogen-bond acceptors (Lipinski definition) is 6. The Morgan fingerprint density at radius 2 is 1.91 bits per heavy atom. The zero-order valence-electron chi connectivity index (χ0n) is 18.2. The molecule has 10 heteroatoms. The molecule has 33 heavy (non-hydrogen) atoms. The van der Waals surface area contributed by atoms with Crippen LogP contribution < -0.4 is 15.6 Å². The van der Waals surface area contributed by atoms with Crippen molar-refractivity contribution < 1.29 is 18.3 Å². The minimum absolute atomic E-state index is 0.0476. The second-order valence-corrected chi connectivity index (χ2v) is 8.67. The molecule has 1 aromatic heterocycles. The molecule has 7 nitrogen and oxygen atoms in total. The Labute approximate surface area is 193 Å². The average molecular weight is 473 g/mol. The average Bonchev–Trinajstić information content (AvgIpc) is 2.78. The topological polar surface area (TPSA) is 97.0 Å². The van der Waals surface area contributed by atoms with Gasteiger partial charge >= 0.3 is 6.61 Å². The number of nitriles is 1. The fourth-order valence-corrected chi connectivity index (χ4v) is 3.78. The van der Waals surface area contributed by atoms with Crippen LogP contribution in [0, 0.1) is 17.2 Å². The predicted molar refractivity (Wildman–Crippen MR) is 122 cm³/mol. The Hall–Kier alpha value is -3.45. The van der Waals surface area contributed by atoms with Crippen LogP contribution in [0.4, 0.5) is 8.78 Å². The van der Waals surface area contributed by atoms with Gasteiger partial charge in [0.2, 0.25) is 5.91 Å². The first-order valence-corrected chi connectivity index (χ1v) is 11.1. The molecule has 2 aromatic carbocycles. The van der Waals surface area contributed by atoms with Gasteiger partial charge in [0, 0.05) is 0 Å². The van der Waals surface area contributed by atoms with Gasteiger partial charge in [0.05, 0.1) is 28.4 Å². The van der Waals surface area contributed by atoms with Crippen molar-refractivity contribution >= 4 is 28.6 Å². The molecule has 0 aliphatic carbocycles. The minimum atomic E-state index is -2.96. The molecule has 0 fully saturated rings. The first kappa shape index (κ1) is 24.2. The second kappa shape index (κ2) is 10.0. The summed E-state index contributed by atoms with van der Waals surface area (Å²) in [6.45, 7) is 2.35. The number of nitrogens with one attached hydrogen (secondary N) is 1. The number of ether oxygens (including phenoxy) is 1. The molecule has 3 rings (SSSR count). The summed E-state index contributed by atoms with van der Waals surface area (Å²) >= 11 is 1.04. The number of hydrogen-bond donors (Lipinski definition) is 1. The van der Waals surface area contributed by atoms with Crippen LogP contribution in [0.3, 0.4) is 0 Å². The fourth-order valence-electron chi connectivity index (χ4n) is 2.97. The van der Waals surface area contributed by atoms with Crippen molar-refractivity contribution in [3.8, 4) is 17.5 Å². The van der Waals surface area contributed by atoms with Crippen LogP contribution in [0.25, 0.3) is 16.6 Å². The lowest BCUT2D eigenvalue weighted by Crippen LogP contribution is -2.49. The van der Waals surface area contributed by atoms with Crippen molar-refractivity contribution in [1.82, 2.24) is 14.9 Å². The summed E-state index contributed by atoms with van der Waals surface area (Å²) in [4.78, 5) is 30.3. The van der Waals surface area contributed by atoms with E-state index in [4.69, 9.17) is 0 Å². The van der Waals surface area contributed by atoms with Gasteiger partial charge in [0.25, 0.3) is 5.56 Å². The summed E-state index contributed by atoms with van der Waals surface area (Å²) in [5.41, 5.74) is -0.556. The van der Waals surface area contributed by atoms with Gasteiger partial charge in [0.15, 0.2) is 5.16 Å². The predicted octanol–water partition coefficient (Wildman–Crippen LogP) is 4.13. The summed E-state index contributed by atoms with van der Waals surface area (Å²) in [6, 6.07) is 14.5. The van der Waals surface area contributed by atoms with Gasteiger partial charge in [-0.2, -0.15) is 14.0 Å². The van der Waals surface area contributed by atoms with Crippen molar-refractivity contribution in [3.63, 3.8) is 0 Å². The van der Waals surface area contributed by atoms with E-state index in [2.05, 4.69) is 21.1 Å². The van der Waals surface area contributed by atoms with E-state index in [1.807, 2.05) is 13.8 Å². The van der Waals surface area contributed by atoms with Crippen LogP contribution in [0.2, 0.25) is 0 Å². The van der Waals surface area contributed by atoms with Gasteiger partial charge in [-0.1, -0.05) is 37.7 Å². The largest absolute Gasteiger partial charge is 0.435 e. The van der Waals surface area contributed by atoms with Gasteiger partial charge in [-0.05, 0) is 49.2 Å². The van der Waals surface area contributed by atoms with Crippen LogP contribution in [0.5, 0.6) is 5.75 Å². The molecule has 0 aliphatic heterocycles. The van der Waals surface area contributed by atoms with Crippen LogP contribution in [0.15, 0.2) is 58.5 Å². The smallest absolute Gasteiger partial charge is 0.387 e. The Kier molecular flexibility index (Phi) is 7.33. The Morgan fingerprint density at radius 1 is 1.24 bits per heavy atom. The number of rotatable bonds is 8. The maximum Gasteiger partial charge on any atom is 0.387 e. The molecule has 1 amide bonds. The Bertz CT molecular complexity index is 1260. The maximum atomic E-state index is 13.2. The van der Waals surface area contributed by atoms with Gasteiger partial charge in [-0.3, -0.25) is 14.2 Å². The van der Waals surface area contributed by atoms with Crippen LogP contribution in [-0.4, -0.2) is 33.4 Å².